The predicted molar refractivity (Wildman–Crippen MR) is 65.3 cm³/mol. The van der Waals surface area contributed by atoms with E-state index in [1.807, 2.05) is 6.92 Å². The average Bonchev–Trinajstić information content (AvgIpc) is 2.35. The highest BCUT2D eigenvalue weighted by molar-refractivity contribution is 5.94. The van der Waals surface area contributed by atoms with Gasteiger partial charge in [0.15, 0.2) is 12.4 Å². The summed E-state index contributed by atoms with van der Waals surface area (Å²) in [5.74, 6) is 0.434. The maximum Gasteiger partial charge on any atom is 0.260 e. The molecule has 0 N–H and O–H groups in total. The molecule has 1 amide bonds. The lowest BCUT2D eigenvalue weighted by Crippen LogP contribution is -2.31. The second kappa shape index (κ2) is 6.03. The molecular weight excluding hydrogens is 218 g/mol. The van der Waals surface area contributed by atoms with Gasteiger partial charge in [-0.15, -0.1) is 0 Å². The molecule has 1 aromatic rings. The van der Waals surface area contributed by atoms with Crippen LogP contribution in [-0.4, -0.2) is 36.8 Å². The Morgan fingerprint density at radius 3 is 2.65 bits per heavy atom. The molecule has 0 radical (unpaired) electrons. The van der Waals surface area contributed by atoms with Gasteiger partial charge < -0.3 is 9.64 Å². The molecule has 4 heteroatoms. The SMILES string of the molecule is CCN(C)C(=O)COc1cccc(C(C)=O)c1. The van der Waals surface area contributed by atoms with E-state index in [1.165, 1.54) is 6.92 Å². The van der Waals surface area contributed by atoms with E-state index in [4.69, 9.17) is 4.74 Å². The van der Waals surface area contributed by atoms with Crippen molar-refractivity contribution in [1.82, 2.24) is 4.90 Å². The van der Waals surface area contributed by atoms with Gasteiger partial charge in [-0.05, 0) is 26.0 Å². The van der Waals surface area contributed by atoms with Crippen molar-refractivity contribution in [2.24, 2.45) is 0 Å². The normalized spacial score (nSPS) is 9.82. The zero-order valence-electron chi connectivity index (χ0n) is 10.4. The molecule has 0 saturated carbocycles. The molecule has 0 aliphatic rings. The summed E-state index contributed by atoms with van der Waals surface area (Å²) in [4.78, 5) is 24.2. The Morgan fingerprint density at radius 2 is 2.06 bits per heavy atom. The summed E-state index contributed by atoms with van der Waals surface area (Å²) in [6, 6.07) is 6.82. The van der Waals surface area contributed by atoms with Crippen molar-refractivity contribution >= 4 is 11.7 Å². The number of hydrogen-bond acceptors (Lipinski definition) is 3. The molecule has 0 aromatic heterocycles. The van der Waals surface area contributed by atoms with E-state index in [2.05, 4.69) is 0 Å². The summed E-state index contributed by atoms with van der Waals surface area (Å²) in [6.07, 6.45) is 0. The van der Waals surface area contributed by atoms with Gasteiger partial charge in [0.2, 0.25) is 0 Å². The van der Waals surface area contributed by atoms with Gasteiger partial charge in [0.05, 0.1) is 0 Å². The second-order valence-corrected chi connectivity index (χ2v) is 3.78. The van der Waals surface area contributed by atoms with Gasteiger partial charge in [0, 0.05) is 19.2 Å². The summed E-state index contributed by atoms with van der Waals surface area (Å²) in [5, 5.41) is 0. The number of hydrogen-bond donors (Lipinski definition) is 0. The lowest BCUT2D eigenvalue weighted by Gasteiger charge is -2.14. The van der Waals surface area contributed by atoms with E-state index in [-0.39, 0.29) is 18.3 Å². The third kappa shape index (κ3) is 3.90. The minimum atomic E-state index is -0.0827. The smallest absolute Gasteiger partial charge is 0.260 e. The van der Waals surface area contributed by atoms with Gasteiger partial charge in [-0.1, -0.05) is 12.1 Å². The average molecular weight is 235 g/mol. The van der Waals surface area contributed by atoms with E-state index in [0.29, 0.717) is 17.9 Å². The van der Waals surface area contributed by atoms with E-state index in [0.717, 1.165) is 0 Å². The number of amides is 1. The molecule has 0 heterocycles. The third-order valence-electron chi connectivity index (χ3n) is 2.50. The van der Waals surface area contributed by atoms with Crippen LogP contribution < -0.4 is 4.74 Å². The largest absolute Gasteiger partial charge is 0.484 e. The lowest BCUT2D eigenvalue weighted by molar-refractivity contribution is -0.131. The van der Waals surface area contributed by atoms with Crippen LogP contribution in [-0.2, 0) is 4.79 Å². The highest BCUT2D eigenvalue weighted by Gasteiger charge is 2.08. The first-order valence-corrected chi connectivity index (χ1v) is 5.52. The van der Waals surface area contributed by atoms with Gasteiger partial charge in [0.25, 0.3) is 5.91 Å². The van der Waals surface area contributed by atoms with Crippen LogP contribution in [0.1, 0.15) is 24.2 Å². The van der Waals surface area contributed by atoms with Crippen molar-refractivity contribution in [3.63, 3.8) is 0 Å². The first-order valence-electron chi connectivity index (χ1n) is 5.52. The van der Waals surface area contributed by atoms with Crippen LogP contribution in [0.5, 0.6) is 5.75 Å². The Morgan fingerprint density at radius 1 is 1.35 bits per heavy atom. The number of carbonyl (C=O) groups excluding carboxylic acids is 2. The summed E-state index contributed by atoms with van der Waals surface area (Å²) in [7, 11) is 1.72. The van der Waals surface area contributed by atoms with Crippen LogP contribution in [0, 0.1) is 0 Å². The van der Waals surface area contributed by atoms with E-state index < -0.39 is 0 Å². The molecule has 1 rings (SSSR count). The Balaban J connectivity index is 2.60. The number of Topliss-reactive ketones (excluding diaryl/α,β-unsaturated/α-hetero) is 1. The first kappa shape index (κ1) is 13.2. The van der Waals surface area contributed by atoms with Gasteiger partial charge in [-0.3, -0.25) is 9.59 Å². The predicted octanol–water partition coefficient (Wildman–Crippen LogP) is 1.75. The Labute approximate surface area is 101 Å². The summed E-state index contributed by atoms with van der Waals surface area (Å²) < 4.78 is 5.34. The number of likely N-dealkylation sites (N-methyl/N-ethyl adjacent to an activating group) is 1. The number of carbonyl (C=O) groups is 2. The van der Waals surface area contributed by atoms with Crippen molar-refractivity contribution in [3.05, 3.63) is 29.8 Å². The highest BCUT2D eigenvalue weighted by atomic mass is 16.5. The van der Waals surface area contributed by atoms with E-state index >= 15 is 0 Å². The standard InChI is InChI=1S/C13H17NO3/c1-4-14(3)13(16)9-17-12-7-5-6-11(8-12)10(2)15/h5-8H,4,9H2,1-3H3. The summed E-state index contributed by atoms with van der Waals surface area (Å²) >= 11 is 0. The number of rotatable bonds is 5. The van der Waals surface area contributed by atoms with E-state index in [1.54, 1.807) is 36.2 Å². The number of ketones is 1. The fourth-order valence-corrected chi connectivity index (χ4v) is 1.24. The summed E-state index contributed by atoms with van der Waals surface area (Å²) in [5.41, 5.74) is 0.582. The number of nitrogens with zero attached hydrogens (tertiary/aromatic N) is 1. The zero-order chi connectivity index (χ0) is 12.8. The molecule has 0 bridgehead atoms. The van der Waals surface area contributed by atoms with Crippen LogP contribution >= 0.6 is 0 Å². The van der Waals surface area contributed by atoms with Crippen molar-refractivity contribution in [3.8, 4) is 5.75 Å². The molecule has 0 fully saturated rings. The van der Waals surface area contributed by atoms with Crippen molar-refractivity contribution in [1.29, 1.82) is 0 Å². The molecular formula is C13H17NO3. The Bertz CT molecular complexity index is 415. The molecule has 0 saturated heterocycles. The second-order valence-electron chi connectivity index (χ2n) is 3.78. The van der Waals surface area contributed by atoms with Crippen LogP contribution in [0.15, 0.2) is 24.3 Å². The molecule has 4 nitrogen and oxygen atoms in total. The number of ether oxygens (including phenoxy) is 1. The fraction of sp³-hybridized carbons (Fsp3) is 0.385. The minimum absolute atomic E-state index is 0.00824. The molecule has 1 aromatic carbocycles. The monoisotopic (exact) mass is 235 g/mol. The van der Waals surface area contributed by atoms with Gasteiger partial charge in [-0.2, -0.15) is 0 Å². The Kier molecular flexibility index (Phi) is 4.69. The quantitative estimate of drug-likeness (QED) is 0.730. The van der Waals surface area contributed by atoms with Crippen molar-refractivity contribution in [2.75, 3.05) is 20.2 Å². The van der Waals surface area contributed by atoms with E-state index in [9.17, 15) is 9.59 Å². The molecule has 17 heavy (non-hydrogen) atoms. The van der Waals surface area contributed by atoms with Gasteiger partial charge in [0.1, 0.15) is 5.75 Å². The van der Waals surface area contributed by atoms with Crippen LogP contribution in [0.4, 0.5) is 0 Å². The zero-order valence-corrected chi connectivity index (χ0v) is 10.4. The molecule has 0 atom stereocenters. The maximum absolute atomic E-state index is 11.5. The van der Waals surface area contributed by atoms with Crippen molar-refractivity contribution in [2.45, 2.75) is 13.8 Å². The molecule has 0 unspecified atom stereocenters. The Hall–Kier alpha value is -1.84. The maximum atomic E-state index is 11.5. The van der Waals surface area contributed by atoms with Gasteiger partial charge >= 0.3 is 0 Å². The molecule has 92 valence electrons. The van der Waals surface area contributed by atoms with Crippen LogP contribution in [0.3, 0.4) is 0 Å². The van der Waals surface area contributed by atoms with Crippen LogP contribution in [0.25, 0.3) is 0 Å². The fourth-order valence-electron chi connectivity index (χ4n) is 1.24. The van der Waals surface area contributed by atoms with Crippen LogP contribution in [0.2, 0.25) is 0 Å². The first-order chi connectivity index (χ1) is 8.04. The highest BCUT2D eigenvalue weighted by Crippen LogP contribution is 2.13. The molecule has 0 aliphatic heterocycles. The van der Waals surface area contributed by atoms with Crippen molar-refractivity contribution < 1.29 is 14.3 Å². The molecule has 0 spiro atoms. The molecule has 0 aliphatic carbocycles. The topological polar surface area (TPSA) is 46.6 Å². The minimum Gasteiger partial charge on any atom is -0.484 e. The lowest BCUT2D eigenvalue weighted by atomic mass is 10.1. The number of benzene rings is 1. The van der Waals surface area contributed by atoms with Gasteiger partial charge in [-0.25, -0.2) is 0 Å². The summed E-state index contributed by atoms with van der Waals surface area (Å²) in [6.45, 7) is 4.03. The third-order valence-corrected chi connectivity index (χ3v) is 2.50.